The van der Waals surface area contributed by atoms with Crippen molar-refractivity contribution in [2.75, 3.05) is 12.8 Å². The second-order valence-electron chi connectivity index (χ2n) is 4.53. The normalized spacial score (nSPS) is 13.7. The highest BCUT2D eigenvalue weighted by Gasteiger charge is 2.30. The number of sulfonamides is 1. The van der Waals surface area contributed by atoms with Crippen molar-refractivity contribution in [1.29, 1.82) is 0 Å². The highest BCUT2D eigenvalue weighted by atomic mass is 32.2. The molecule has 1 rings (SSSR count). The maximum absolute atomic E-state index is 12.1. The van der Waals surface area contributed by atoms with Crippen LogP contribution in [0.15, 0.2) is 29.2 Å². The Morgan fingerprint density at radius 2 is 1.82 bits per heavy atom. The number of alkyl halides is 3. The van der Waals surface area contributed by atoms with Crippen LogP contribution in [0.5, 0.6) is 0 Å². The zero-order valence-corrected chi connectivity index (χ0v) is 13.4. The third kappa shape index (κ3) is 5.50. The summed E-state index contributed by atoms with van der Waals surface area (Å²) in [6, 6.07) is 4.99. The summed E-state index contributed by atoms with van der Waals surface area (Å²) in [4.78, 5) is 12.8. The zero-order valence-electron chi connectivity index (χ0n) is 11.8. The zero-order chi connectivity index (χ0) is 17.1. The Kier molecular flexibility index (Phi) is 5.88. The molecule has 22 heavy (non-hydrogen) atoms. The second-order valence-corrected chi connectivity index (χ2v) is 7.13. The molecule has 0 aliphatic carbocycles. The summed E-state index contributed by atoms with van der Waals surface area (Å²) in [6.07, 6.45) is 0. The highest BCUT2D eigenvalue weighted by molar-refractivity contribution is 8.00. The molecule has 0 spiro atoms. The summed E-state index contributed by atoms with van der Waals surface area (Å²) in [6.45, 7) is 1.63. The molecule has 10 heteroatoms. The van der Waals surface area contributed by atoms with Crippen LogP contribution >= 0.6 is 11.8 Å². The Balaban J connectivity index is 2.78. The molecule has 5 nitrogen and oxygen atoms in total. The maximum Gasteiger partial charge on any atom is 0.442 e. The predicted molar refractivity (Wildman–Crippen MR) is 77.5 cm³/mol. The number of primary sulfonamides is 1. The third-order valence-corrected chi connectivity index (χ3v) is 4.67. The minimum atomic E-state index is -4.46. The first kappa shape index (κ1) is 18.8. The summed E-state index contributed by atoms with van der Waals surface area (Å²) < 4.78 is 58.5. The van der Waals surface area contributed by atoms with E-state index in [-0.39, 0.29) is 4.90 Å². The maximum atomic E-state index is 12.1. The van der Waals surface area contributed by atoms with Gasteiger partial charge in [0.05, 0.1) is 16.7 Å². The van der Waals surface area contributed by atoms with Crippen LogP contribution in [0.2, 0.25) is 0 Å². The first-order chi connectivity index (χ1) is 9.92. The number of nitrogens with zero attached hydrogens (tertiary/aromatic N) is 1. The summed E-state index contributed by atoms with van der Waals surface area (Å²) in [7, 11) is -2.43. The van der Waals surface area contributed by atoms with Crippen LogP contribution in [0.1, 0.15) is 18.5 Å². The lowest BCUT2D eigenvalue weighted by Gasteiger charge is -2.25. The van der Waals surface area contributed by atoms with Crippen molar-refractivity contribution in [1.82, 2.24) is 4.90 Å². The molecule has 1 atom stereocenters. The fourth-order valence-corrected chi connectivity index (χ4v) is 2.63. The Morgan fingerprint density at radius 3 is 2.23 bits per heavy atom. The van der Waals surface area contributed by atoms with Crippen LogP contribution in [0, 0.1) is 0 Å². The average molecular weight is 356 g/mol. The minimum absolute atomic E-state index is 0.0787. The van der Waals surface area contributed by atoms with Gasteiger partial charge in [-0.15, -0.1) is 0 Å². The van der Waals surface area contributed by atoms with Crippen molar-refractivity contribution in [3.05, 3.63) is 29.8 Å². The molecule has 0 aliphatic rings. The Labute approximate surface area is 130 Å². The third-order valence-electron chi connectivity index (χ3n) is 3.02. The van der Waals surface area contributed by atoms with Crippen LogP contribution in [-0.2, 0) is 14.8 Å². The van der Waals surface area contributed by atoms with Crippen LogP contribution in [0.25, 0.3) is 0 Å². The van der Waals surface area contributed by atoms with Gasteiger partial charge in [-0.1, -0.05) is 12.1 Å². The first-order valence-corrected chi connectivity index (χ1v) is 8.54. The number of carbonyl (C=O) groups excluding carboxylic acids is 1. The second kappa shape index (κ2) is 6.88. The Bertz CT molecular complexity index is 630. The lowest BCUT2D eigenvalue weighted by molar-refractivity contribution is -0.129. The molecule has 0 radical (unpaired) electrons. The number of nitrogens with two attached hydrogens (primary N) is 1. The molecule has 1 aromatic carbocycles. The number of halogens is 3. The number of hydrogen-bond acceptors (Lipinski definition) is 4. The summed E-state index contributed by atoms with van der Waals surface area (Å²) in [5.41, 5.74) is -3.88. The van der Waals surface area contributed by atoms with Gasteiger partial charge >= 0.3 is 5.51 Å². The van der Waals surface area contributed by atoms with Crippen LogP contribution in [-0.4, -0.2) is 37.5 Å². The van der Waals surface area contributed by atoms with Crippen molar-refractivity contribution in [3.63, 3.8) is 0 Å². The molecule has 0 aliphatic heterocycles. The highest BCUT2D eigenvalue weighted by Crippen LogP contribution is 2.31. The average Bonchev–Trinajstić information content (AvgIpc) is 2.41. The van der Waals surface area contributed by atoms with Gasteiger partial charge in [0.1, 0.15) is 0 Å². The molecule has 0 saturated heterocycles. The standard InChI is InChI=1S/C12H15F3N2O3S2/c1-8(17(2)11(18)7-21-12(13,14)15)9-3-5-10(6-4-9)22(16,19)20/h3-6,8H,7H2,1-2H3,(H2,16,19,20). The molecule has 0 bridgehead atoms. The predicted octanol–water partition coefficient (Wildman–Crippen LogP) is 2.11. The minimum Gasteiger partial charge on any atom is -0.338 e. The van der Waals surface area contributed by atoms with Crippen molar-refractivity contribution >= 4 is 27.7 Å². The fourth-order valence-electron chi connectivity index (χ4n) is 1.62. The number of rotatable bonds is 5. The molecule has 0 fully saturated rings. The van der Waals surface area contributed by atoms with E-state index in [0.29, 0.717) is 5.56 Å². The van der Waals surface area contributed by atoms with E-state index >= 15 is 0 Å². The fraction of sp³-hybridized carbons (Fsp3) is 0.417. The van der Waals surface area contributed by atoms with Gasteiger partial charge in [-0.2, -0.15) is 13.2 Å². The SMILES string of the molecule is CC(c1ccc(S(N)(=O)=O)cc1)N(C)C(=O)CSC(F)(F)F. The largest absolute Gasteiger partial charge is 0.442 e. The van der Waals surface area contributed by atoms with Crippen LogP contribution < -0.4 is 5.14 Å². The number of benzene rings is 1. The monoisotopic (exact) mass is 356 g/mol. The van der Waals surface area contributed by atoms with E-state index in [4.69, 9.17) is 5.14 Å². The van der Waals surface area contributed by atoms with Gasteiger partial charge in [0.15, 0.2) is 0 Å². The first-order valence-electron chi connectivity index (χ1n) is 6.01. The number of carbonyl (C=O) groups is 1. The van der Waals surface area contributed by atoms with E-state index in [0.717, 1.165) is 0 Å². The molecular weight excluding hydrogens is 341 g/mol. The molecule has 1 aromatic rings. The Hall–Kier alpha value is -1.26. The van der Waals surface area contributed by atoms with Gasteiger partial charge < -0.3 is 4.90 Å². The number of thioether (sulfide) groups is 1. The Morgan fingerprint density at radius 1 is 1.32 bits per heavy atom. The molecule has 1 unspecified atom stereocenters. The van der Waals surface area contributed by atoms with Crippen molar-refractivity contribution in [2.45, 2.75) is 23.4 Å². The smallest absolute Gasteiger partial charge is 0.338 e. The molecule has 0 saturated carbocycles. The van der Waals surface area contributed by atoms with Gasteiger partial charge in [-0.05, 0) is 36.4 Å². The molecule has 0 heterocycles. The summed E-state index contributed by atoms with van der Waals surface area (Å²) in [5, 5.41) is 4.97. The van der Waals surface area contributed by atoms with Crippen LogP contribution in [0.4, 0.5) is 13.2 Å². The van der Waals surface area contributed by atoms with Gasteiger partial charge in [0.2, 0.25) is 15.9 Å². The van der Waals surface area contributed by atoms with E-state index in [1.54, 1.807) is 6.92 Å². The molecule has 2 N–H and O–H groups in total. The lowest BCUT2D eigenvalue weighted by Crippen LogP contribution is -2.31. The van der Waals surface area contributed by atoms with E-state index in [1.165, 1.54) is 36.2 Å². The van der Waals surface area contributed by atoms with Gasteiger partial charge in [-0.25, -0.2) is 13.6 Å². The van der Waals surface area contributed by atoms with Gasteiger partial charge in [-0.3, -0.25) is 4.79 Å². The summed E-state index contributed by atoms with van der Waals surface area (Å²) in [5.74, 6) is -1.38. The van der Waals surface area contributed by atoms with E-state index in [1.807, 2.05) is 0 Å². The van der Waals surface area contributed by atoms with Crippen molar-refractivity contribution in [3.8, 4) is 0 Å². The van der Waals surface area contributed by atoms with Crippen LogP contribution in [0.3, 0.4) is 0 Å². The quantitative estimate of drug-likeness (QED) is 0.876. The lowest BCUT2D eigenvalue weighted by atomic mass is 10.1. The van der Waals surface area contributed by atoms with Crippen molar-refractivity contribution < 1.29 is 26.4 Å². The van der Waals surface area contributed by atoms with E-state index in [9.17, 15) is 26.4 Å². The molecular formula is C12H15F3N2O3S2. The van der Waals surface area contributed by atoms with E-state index < -0.39 is 45.0 Å². The number of hydrogen-bond donors (Lipinski definition) is 1. The molecule has 124 valence electrons. The van der Waals surface area contributed by atoms with Crippen molar-refractivity contribution in [2.24, 2.45) is 5.14 Å². The van der Waals surface area contributed by atoms with E-state index in [2.05, 4.69) is 0 Å². The molecule has 1 amide bonds. The molecule has 0 aromatic heterocycles. The topological polar surface area (TPSA) is 80.5 Å². The van der Waals surface area contributed by atoms with Gasteiger partial charge in [0.25, 0.3) is 0 Å². The van der Waals surface area contributed by atoms with Gasteiger partial charge in [0, 0.05) is 7.05 Å². The summed E-state index contributed by atoms with van der Waals surface area (Å²) >= 11 is -0.399. The number of amides is 1.